The van der Waals surface area contributed by atoms with Crippen LogP contribution < -0.4 is 0 Å². The first-order valence-electron chi connectivity index (χ1n) is 9.34. The highest BCUT2D eigenvalue weighted by molar-refractivity contribution is 7.98. The van der Waals surface area contributed by atoms with E-state index in [0.29, 0.717) is 10.8 Å². The minimum atomic E-state index is -0.241. The Hall–Kier alpha value is -3.09. The lowest BCUT2D eigenvalue weighted by atomic mass is 10.1. The molecule has 0 aliphatic heterocycles. The molecule has 3 aromatic carbocycles. The van der Waals surface area contributed by atoms with Crippen molar-refractivity contribution < 1.29 is 4.39 Å². The van der Waals surface area contributed by atoms with E-state index in [9.17, 15) is 4.39 Å². The number of nitrogens with one attached hydrogen (secondary N) is 1. The zero-order valence-corrected chi connectivity index (χ0v) is 17.3. The van der Waals surface area contributed by atoms with Crippen LogP contribution in [0.4, 0.5) is 4.39 Å². The van der Waals surface area contributed by atoms with E-state index in [1.54, 1.807) is 23.9 Å². The molecular weight excluding hydrogens is 419 g/mol. The third kappa shape index (κ3) is 3.60. The summed E-state index contributed by atoms with van der Waals surface area (Å²) < 4.78 is 15.2. The topological polar surface area (TPSA) is 46.5 Å². The van der Waals surface area contributed by atoms with Crippen molar-refractivity contribution in [1.29, 1.82) is 0 Å². The quantitative estimate of drug-likeness (QED) is 0.321. The van der Waals surface area contributed by atoms with Crippen molar-refractivity contribution in [2.45, 2.75) is 10.9 Å². The Kier molecular flexibility index (Phi) is 5.02. The summed E-state index contributed by atoms with van der Waals surface area (Å²) in [4.78, 5) is 3.30. The van der Waals surface area contributed by atoms with Gasteiger partial charge in [-0.3, -0.25) is 4.57 Å². The van der Waals surface area contributed by atoms with Gasteiger partial charge in [-0.15, -0.1) is 10.2 Å². The van der Waals surface area contributed by atoms with Crippen LogP contribution in [0, 0.1) is 5.82 Å². The molecular formula is C23H16ClFN4S. The van der Waals surface area contributed by atoms with Crippen LogP contribution in [0.5, 0.6) is 0 Å². The molecule has 0 radical (unpaired) electrons. The Morgan fingerprint density at radius 2 is 1.70 bits per heavy atom. The first kappa shape index (κ1) is 18.9. The number of rotatable bonds is 5. The number of H-pyrrole nitrogens is 1. The summed E-state index contributed by atoms with van der Waals surface area (Å²) in [6.07, 6.45) is 1.95. The third-order valence-corrected chi connectivity index (χ3v) is 6.08. The maximum atomic E-state index is 13.2. The molecule has 0 atom stereocenters. The average molecular weight is 435 g/mol. The van der Waals surface area contributed by atoms with Crippen LogP contribution in [-0.2, 0) is 5.75 Å². The molecule has 0 aliphatic rings. The Balaban J connectivity index is 1.59. The summed E-state index contributed by atoms with van der Waals surface area (Å²) in [5.74, 6) is 1.16. The monoisotopic (exact) mass is 434 g/mol. The summed E-state index contributed by atoms with van der Waals surface area (Å²) in [6.45, 7) is 0. The highest BCUT2D eigenvalue weighted by Crippen LogP contribution is 2.33. The first-order valence-corrected chi connectivity index (χ1v) is 10.7. The van der Waals surface area contributed by atoms with E-state index in [-0.39, 0.29) is 5.82 Å². The molecule has 5 rings (SSSR count). The number of halogens is 2. The van der Waals surface area contributed by atoms with Gasteiger partial charge in [-0.05, 0) is 48.0 Å². The lowest BCUT2D eigenvalue weighted by molar-refractivity contribution is 0.627. The van der Waals surface area contributed by atoms with Crippen molar-refractivity contribution in [3.8, 4) is 17.1 Å². The molecule has 4 nitrogen and oxygen atoms in total. The summed E-state index contributed by atoms with van der Waals surface area (Å²) in [5.41, 5.74) is 3.95. The van der Waals surface area contributed by atoms with Gasteiger partial charge in [0, 0.05) is 39.1 Å². The van der Waals surface area contributed by atoms with Crippen molar-refractivity contribution in [2.75, 3.05) is 0 Å². The maximum Gasteiger partial charge on any atom is 0.196 e. The largest absolute Gasteiger partial charge is 0.360 e. The summed E-state index contributed by atoms with van der Waals surface area (Å²) in [7, 11) is 0. The minimum absolute atomic E-state index is 0.241. The van der Waals surface area contributed by atoms with Gasteiger partial charge in [-0.2, -0.15) is 0 Å². The van der Waals surface area contributed by atoms with E-state index in [4.69, 9.17) is 11.6 Å². The van der Waals surface area contributed by atoms with Gasteiger partial charge in [0.2, 0.25) is 0 Å². The van der Waals surface area contributed by atoms with E-state index < -0.39 is 0 Å². The van der Waals surface area contributed by atoms with Crippen molar-refractivity contribution in [3.05, 3.63) is 95.4 Å². The number of thioether (sulfide) groups is 1. The van der Waals surface area contributed by atoms with Gasteiger partial charge in [0.1, 0.15) is 5.82 Å². The second-order valence-electron chi connectivity index (χ2n) is 6.78. The van der Waals surface area contributed by atoms with E-state index in [1.807, 2.05) is 53.2 Å². The second kappa shape index (κ2) is 7.97. The Morgan fingerprint density at radius 3 is 2.50 bits per heavy atom. The second-order valence-corrected chi connectivity index (χ2v) is 8.16. The zero-order chi connectivity index (χ0) is 20.5. The van der Waals surface area contributed by atoms with E-state index in [0.717, 1.165) is 38.7 Å². The molecule has 0 unspecified atom stereocenters. The van der Waals surface area contributed by atoms with Gasteiger partial charge in [-0.25, -0.2) is 4.39 Å². The summed E-state index contributed by atoms with van der Waals surface area (Å²) >= 11 is 7.66. The lowest BCUT2D eigenvalue weighted by Gasteiger charge is -2.10. The van der Waals surface area contributed by atoms with Gasteiger partial charge in [0.15, 0.2) is 11.0 Å². The highest BCUT2D eigenvalue weighted by Gasteiger charge is 2.19. The van der Waals surface area contributed by atoms with Gasteiger partial charge < -0.3 is 4.98 Å². The van der Waals surface area contributed by atoms with Crippen molar-refractivity contribution in [1.82, 2.24) is 19.7 Å². The molecule has 1 N–H and O–H groups in total. The summed E-state index contributed by atoms with van der Waals surface area (Å²) in [5, 5.41) is 11.5. The number of hydrogen-bond donors (Lipinski definition) is 1. The van der Waals surface area contributed by atoms with Crippen LogP contribution in [0.2, 0.25) is 5.02 Å². The van der Waals surface area contributed by atoms with Gasteiger partial charge in [-0.1, -0.05) is 53.7 Å². The molecule has 2 heterocycles. The Morgan fingerprint density at radius 1 is 0.933 bits per heavy atom. The number of hydrogen-bond acceptors (Lipinski definition) is 3. The minimum Gasteiger partial charge on any atom is -0.360 e. The number of aromatic amines is 1. The SMILES string of the molecule is Fc1ccc(CSc2nnc(-c3c[nH]c4ccccc34)n2-c2ccc(Cl)cc2)cc1. The molecule has 2 aromatic heterocycles. The Labute approximate surface area is 181 Å². The molecule has 0 aliphatic carbocycles. The third-order valence-electron chi connectivity index (χ3n) is 4.83. The molecule has 0 fully saturated rings. The van der Waals surface area contributed by atoms with Gasteiger partial charge in [0.25, 0.3) is 0 Å². The van der Waals surface area contributed by atoms with Crippen molar-refractivity contribution in [2.24, 2.45) is 0 Å². The molecule has 5 aromatic rings. The van der Waals surface area contributed by atoms with E-state index in [1.165, 1.54) is 12.1 Å². The molecule has 0 saturated carbocycles. The maximum absolute atomic E-state index is 13.2. The van der Waals surface area contributed by atoms with Crippen LogP contribution in [-0.4, -0.2) is 19.7 Å². The van der Waals surface area contributed by atoms with Crippen molar-refractivity contribution >= 4 is 34.3 Å². The normalized spacial score (nSPS) is 11.3. The average Bonchev–Trinajstić information content (AvgIpc) is 3.38. The predicted molar refractivity (Wildman–Crippen MR) is 120 cm³/mol. The van der Waals surface area contributed by atoms with E-state index in [2.05, 4.69) is 21.2 Å². The van der Waals surface area contributed by atoms with Crippen molar-refractivity contribution in [3.63, 3.8) is 0 Å². The fourth-order valence-electron chi connectivity index (χ4n) is 3.35. The molecule has 148 valence electrons. The van der Waals surface area contributed by atoms with Crippen LogP contribution in [0.1, 0.15) is 5.56 Å². The standard InChI is InChI=1S/C23H16ClFN4S/c24-16-7-11-18(12-8-16)29-22(20-13-26-21-4-2-1-3-19(20)21)27-28-23(29)30-14-15-5-9-17(25)10-6-15/h1-13,26H,14H2. The van der Waals surface area contributed by atoms with Crippen LogP contribution in [0.25, 0.3) is 28.0 Å². The molecule has 0 bridgehead atoms. The smallest absolute Gasteiger partial charge is 0.196 e. The number of para-hydroxylation sites is 1. The fourth-order valence-corrected chi connectivity index (χ4v) is 4.38. The highest BCUT2D eigenvalue weighted by atomic mass is 35.5. The summed E-state index contributed by atoms with van der Waals surface area (Å²) in [6, 6.07) is 22.2. The molecule has 0 amide bonds. The Bertz CT molecular complexity index is 1310. The van der Waals surface area contributed by atoms with Crippen LogP contribution >= 0.6 is 23.4 Å². The lowest BCUT2D eigenvalue weighted by Crippen LogP contribution is -1.99. The number of benzene rings is 3. The molecule has 0 saturated heterocycles. The zero-order valence-electron chi connectivity index (χ0n) is 15.7. The van der Waals surface area contributed by atoms with Gasteiger partial charge >= 0.3 is 0 Å². The molecule has 0 spiro atoms. The fraction of sp³-hybridized carbons (Fsp3) is 0.0435. The number of fused-ring (bicyclic) bond motifs is 1. The first-order chi connectivity index (χ1) is 14.7. The molecule has 30 heavy (non-hydrogen) atoms. The number of aromatic nitrogens is 4. The number of nitrogens with zero attached hydrogens (tertiary/aromatic N) is 3. The van der Waals surface area contributed by atoms with Crippen LogP contribution in [0.3, 0.4) is 0 Å². The van der Waals surface area contributed by atoms with E-state index >= 15 is 0 Å². The molecule has 7 heteroatoms. The van der Waals surface area contributed by atoms with Crippen LogP contribution in [0.15, 0.2) is 84.1 Å². The predicted octanol–water partition coefficient (Wildman–Crippen LogP) is 6.50. The van der Waals surface area contributed by atoms with Gasteiger partial charge in [0.05, 0.1) is 0 Å².